The Labute approximate surface area is 112 Å². The van der Waals surface area contributed by atoms with Gasteiger partial charge in [-0.2, -0.15) is 5.10 Å². The highest BCUT2D eigenvalue weighted by atomic mass is 35.5. The molecule has 6 heteroatoms. The van der Waals surface area contributed by atoms with Gasteiger partial charge in [0.05, 0.1) is 25.0 Å². The second-order valence-corrected chi connectivity index (χ2v) is 4.69. The maximum atomic E-state index is 11.8. The average molecular weight is 274 g/mol. The first kappa shape index (κ1) is 15.0. The predicted molar refractivity (Wildman–Crippen MR) is 73.2 cm³/mol. The molecule has 1 aromatic rings. The van der Waals surface area contributed by atoms with E-state index in [0.29, 0.717) is 5.69 Å². The van der Waals surface area contributed by atoms with Gasteiger partial charge in [0.15, 0.2) is 0 Å². The molecule has 1 unspecified atom stereocenters. The predicted octanol–water partition coefficient (Wildman–Crippen LogP) is 1.88. The van der Waals surface area contributed by atoms with E-state index in [1.807, 2.05) is 6.92 Å². The molecule has 0 aromatic carbocycles. The zero-order valence-electron chi connectivity index (χ0n) is 10.8. The number of nitrogens with one attached hydrogen (secondary N) is 1. The number of hydrogen-bond acceptors (Lipinski definition) is 4. The van der Waals surface area contributed by atoms with Gasteiger partial charge in [0.1, 0.15) is 5.02 Å². The van der Waals surface area contributed by atoms with E-state index in [9.17, 15) is 4.79 Å². The highest BCUT2D eigenvalue weighted by molar-refractivity contribution is 6.32. The van der Waals surface area contributed by atoms with Crippen molar-refractivity contribution in [3.05, 3.63) is 21.6 Å². The Bertz CT molecular complexity index is 434. The van der Waals surface area contributed by atoms with Gasteiger partial charge < -0.3 is 10.4 Å². The topological polar surface area (TPSA) is 67.2 Å². The van der Waals surface area contributed by atoms with Crippen LogP contribution in [0.25, 0.3) is 0 Å². The summed E-state index contributed by atoms with van der Waals surface area (Å²) in [6, 6.07) is 0.248. The lowest BCUT2D eigenvalue weighted by Crippen LogP contribution is -2.27. The smallest absolute Gasteiger partial charge is 0.287 e. The van der Waals surface area contributed by atoms with Crippen molar-refractivity contribution in [1.29, 1.82) is 0 Å². The standard InChI is InChI=1S/C12H20ClN3O2/c1-3-4-5-9(2)15-10-8-14-16(6-7-17)12(18)11(10)13/h8-9,15,17H,3-7H2,1-2H3. The quantitative estimate of drug-likeness (QED) is 0.796. The Kier molecular flexibility index (Phi) is 6.15. The minimum absolute atomic E-state index is 0.127. The first-order valence-electron chi connectivity index (χ1n) is 6.23. The van der Waals surface area contributed by atoms with E-state index >= 15 is 0 Å². The van der Waals surface area contributed by atoms with E-state index in [1.165, 1.54) is 6.20 Å². The summed E-state index contributed by atoms with van der Waals surface area (Å²) in [6.07, 6.45) is 4.81. The number of anilines is 1. The molecular formula is C12H20ClN3O2. The van der Waals surface area contributed by atoms with Crippen LogP contribution in [-0.4, -0.2) is 27.5 Å². The minimum atomic E-state index is -0.376. The van der Waals surface area contributed by atoms with Gasteiger partial charge in [0.2, 0.25) is 0 Å². The van der Waals surface area contributed by atoms with Gasteiger partial charge in [0.25, 0.3) is 5.56 Å². The summed E-state index contributed by atoms with van der Waals surface area (Å²) in [5, 5.41) is 16.1. The van der Waals surface area contributed by atoms with Crippen molar-refractivity contribution in [2.24, 2.45) is 0 Å². The van der Waals surface area contributed by atoms with Gasteiger partial charge >= 0.3 is 0 Å². The van der Waals surface area contributed by atoms with Crippen LogP contribution in [0.4, 0.5) is 5.69 Å². The van der Waals surface area contributed by atoms with Crippen LogP contribution in [0.3, 0.4) is 0 Å². The molecule has 1 heterocycles. The van der Waals surface area contributed by atoms with Gasteiger partial charge in [-0.3, -0.25) is 4.79 Å². The van der Waals surface area contributed by atoms with E-state index in [-0.39, 0.29) is 29.8 Å². The van der Waals surface area contributed by atoms with Crippen LogP contribution in [0.5, 0.6) is 0 Å². The van der Waals surface area contributed by atoms with Gasteiger partial charge in [0, 0.05) is 6.04 Å². The third kappa shape index (κ3) is 3.99. The van der Waals surface area contributed by atoms with Crippen LogP contribution in [0.2, 0.25) is 5.02 Å². The van der Waals surface area contributed by atoms with Gasteiger partial charge in [-0.15, -0.1) is 0 Å². The van der Waals surface area contributed by atoms with Gasteiger partial charge in [-0.1, -0.05) is 31.4 Å². The van der Waals surface area contributed by atoms with Crippen molar-refractivity contribution in [2.45, 2.75) is 45.7 Å². The number of halogens is 1. The lowest BCUT2D eigenvalue weighted by Gasteiger charge is -2.15. The SMILES string of the molecule is CCCCC(C)Nc1cnn(CCO)c(=O)c1Cl. The molecule has 0 aliphatic carbocycles. The van der Waals surface area contributed by atoms with Crippen LogP contribution in [0.15, 0.2) is 11.0 Å². The minimum Gasteiger partial charge on any atom is -0.394 e. The summed E-state index contributed by atoms with van der Waals surface area (Å²) < 4.78 is 1.16. The maximum Gasteiger partial charge on any atom is 0.287 e. The maximum absolute atomic E-state index is 11.8. The lowest BCUT2D eigenvalue weighted by molar-refractivity contribution is 0.266. The second-order valence-electron chi connectivity index (χ2n) is 4.31. The lowest BCUT2D eigenvalue weighted by atomic mass is 10.1. The third-order valence-electron chi connectivity index (χ3n) is 2.69. The van der Waals surface area contributed by atoms with Gasteiger partial charge in [-0.05, 0) is 13.3 Å². The third-order valence-corrected chi connectivity index (χ3v) is 3.05. The highest BCUT2D eigenvalue weighted by Crippen LogP contribution is 2.17. The molecule has 0 radical (unpaired) electrons. The number of aliphatic hydroxyl groups excluding tert-OH is 1. The molecule has 2 N–H and O–H groups in total. The molecule has 1 atom stereocenters. The molecule has 0 bridgehead atoms. The molecule has 0 spiro atoms. The molecule has 102 valence electrons. The Morgan fingerprint density at radius 2 is 2.33 bits per heavy atom. The van der Waals surface area contributed by atoms with Crippen molar-refractivity contribution >= 4 is 17.3 Å². The molecule has 1 rings (SSSR count). The zero-order valence-corrected chi connectivity index (χ0v) is 11.6. The van der Waals surface area contributed by atoms with Crippen molar-refractivity contribution in [2.75, 3.05) is 11.9 Å². The van der Waals surface area contributed by atoms with Crippen molar-refractivity contribution < 1.29 is 5.11 Å². The first-order chi connectivity index (χ1) is 8.60. The fourth-order valence-corrected chi connectivity index (χ4v) is 1.87. The molecular weight excluding hydrogens is 254 g/mol. The summed E-state index contributed by atoms with van der Waals surface area (Å²) >= 11 is 5.99. The van der Waals surface area contributed by atoms with Crippen LogP contribution < -0.4 is 10.9 Å². The number of aromatic nitrogens is 2. The van der Waals surface area contributed by atoms with Crippen LogP contribution >= 0.6 is 11.6 Å². The molecule has 1 aromatic heterocycles. The van der Waals surface area contributed by atoms with E-state index < -0.39 is 0 Å². The fourth-order valence-electron chi connectivity index (χ4n) is 1.67. The second kappa shape index (κ2) is 7.38. The van der Waals surface area contributed by atoms with Crippen LogP contribution in [0.1, 0.15) is 33.1 Å². The Morgan fingerprint density at radius 3 is 2.94 bits per heavy atom. The molecule has 5 nitrogen and oxygen atoms in total. The van der Waals surface area contributed by atoms with Crippen molar-refractivity contribution in [3.63, 3.8) is 0 Å². The average Bonchev–Trinajstić information content (AvgIpc) is 2.36. The van der Waals surface area contributed by atoms with Crippen molar-refractivity contribution in [3.8, 4) is 0 Å². The molecule has 0 amide bonds. The van der Waals surface area contributed by atoms with Crippen molar-refractivity contribution in [1.82, 2.24) is 9.78 Å². The summed E-state index contributed by atoms with van der Waals surface area (Å²) in [7, 11) is 0. The fraction of sp³-hybridized carbons (Fsp3) is 0.667. The summed E-state index contributed by atoms with van der Waals surface area (Å²) in [6.45, 7) is 4.20. The normalized spacial score (nSPS) is 12.4. The Hall–Kier alpha value is -1.07. The molecule has 0 aliphatic rings. The Balaban J connectivity index is 2.79. The summed E-state index contributed by atoms with van der Waals surface area (Å²) in [5.41, 5.74) is 0.179. The molecule has 0 fully saturated rings. The number of aliphatic hydroxyl groups is 1. The van der Waals surface area contributed by atoms with Crippen LogP contribution in [-0.2, 0) is 6.54 Å². The number of unbranched alkanes of at least 4 members (excludes halogenated alkanes) is 1. The van der Waals surface area contributed by atoms with E-state index in [0.717, 1.165) is 23.9 Å². The highest BCUT2D eigenvalue weighted by Gasteiger charge is 2.10. The largest absolute Gasteiger partial charge is 0.394 e. The molecule has 18 heavy (non-hydrogen) atoms. The first-order valence-corrected chi connectivity index (χ1v) is 6.61. The number of hydrogen-bond donors (Lipinski definition) is 2. The number of nitrogens with zero attached hydrogens (tertiary/aromatic N) is 2. The summed E-state index contributed by atoms with van der Waals surface area (Å²) in [4.78, 5) is 11.8. The molecule has 0 saturated heterocycles. The zero-order chi connectivity index (χ0) is 13.5. The molecule has 0 saturated carbocycles. The summed E-state index contributed by atoms with van der Waals surface area (Å²) in [5.74, 6) is 0. The Morgan fingerprint density at radius 1 is 1.61 bits per heavy atom. The van der Waals surface area contributed by atoms with Gasteiger partial charge in [-0.25, -0.2) is 4.68 Å². The number of rotatable bonds is 7. The monoisotopic (exact) mass is 273 g/mol. The van der Waals surface area contributed by atoms with E-state index in [1.54, 1.807) is 0 Å². The van der Waals surface area contributed by atoms with E-state index in [4.69, 9.17) is 16.7 Å². The van der Waals surface area contributed by atoms with E-state index in [2.05, 4.69) is 17.3 Å². The van der Waals surface area contributed by atoms with Crippen LogP contribution in [0, 0.1) is 0 Å². The molecule has 0 aliphatic heterocycles.